The number of carbonyl (C=O) groups excluding carboxylic acids is 2. The lowest BCUT2D eigenvalue weighted by Gasteiger charge is -2.04. The molecule has 3 rings (SSSR count). The molecule has 0 spiro atoms. The van der Waals surface area contributed by atoms with Crippen LogP contribution in [0, 0.1) is 5.82 Å². The van der Waals surface area contributed by atoms with Crippen LogP contribution >= 0.6 is 11.3 Å². The molecular formula is C19H16FN3O2S. The Balaban J connectivity index is 1.51. The van der Waals surface area contributed by atoms with Gasteiger partial charge < -0.3 is 5.32 Å². The van der Waals surface area contributed by atoms with Gasteiger partial charge in [-0.15, -0.1) is 11.3 Å². The molecule has 132 valence electrons. The van der Waals surface area contributed by atoms with Crippen LogP contribution in [0.2, 0.25) is 0 Å². The fourth-order valence-corrected chi connectivity index (χ4v) is 2.94. The number of amides is 2. The van der Waals surface area contributed by atoms with E-state index in [0.717, 1.165) is 5.56 Å². The molecule has 1 heterocycles. The number of anilines is 1. The molecule has 3 aromatic rings. The second-order valence-corrected chi connectivity index (χ2v) is 6.40. The summed E-state index contributed by atoms with van der Waals surface area (Å²) in [7, 11) is 0. The van der Waals surface area contributed by atoms with E-state index >= 15 is 0 Å². The Morgan fingerprint density at radius 1 is 1.04 bits per heavy atom. The topological polar surface area (TPSA) is 71.1 Å². The zero-order chi connectivity index (χ0) is 18.4. The van der Waals surface area contributed by atoms with Gasteiger partial charge in [-0.05, 0) is 29.8 Å². The van der Waals surface area contributed by atoms with Crippen molar-refractivity contribution in [3.05, 3.63) is 82.6 Å². The summed E-state index contributed by atoms with van der Waals surface area (Å²) in [6, 6.07) is 14.9. The van der Waals surface area contributed by atoms with Crippen molar-refractivity contribution in [1.82, 2.24) is 10.3 Å². The Morgan fingerprint density at radius 3 is 2.50 bits per heavy atom. The molecule has 0 aliphatic carbocycles. The number of rotatable bonds is 6. The van der Waals surface area contributed by atoms with Crippen molar-refractivity contribution in [2.24, 2.45) is 0 Å². The van der Waals surface area contributed by atoms with Crippen LogP contribution in [0.3, 0.4) is 0 Å². The Labute approximate surface area is 153 Å². The van der Waals surface area contributed by atoms with Gasteiger partial charge in [0.15, 0.2) is 5.13 Å². The van der Waals surface area contributed by atoms with Crippen LogP contribution in [-0.2, 0) is 17.8 Å². The maximum absolute atomic E-state index is 12.9. The van der Waals surface area contributed by atoms with Gasteiger partial charge in [-0.25, -0.2) is 9.37 Å². The summed E-state index contributed by atoms with van der Waals surface area (Å²) >= 11 is 1.24. The molecule has 0 bridgehead atoms. The average molecular weight is 369 g/mol. The predicted molar refractivity (Wildman–Crippen MR) is 98.5 cm³/mol. The van der Waals surface area contributed by atoms with Gasteiger partial charge in [0, 0.05) is 17.5 Å². The van der Waals surface area contributed by atoms with Crippen molar-refractivity contribution in [3.8, 4) is 0 Å². The maximum Gasteiger partial charge on any atom is 0.257 e. The molecule has 2 amide bonds. The predicted octanol–water partition coefficient (Wildman–Crippen LogP) is 3.39. The fourth-order valence-electron chi connectivity index (χ4n) is 2.24. The van der Waals surface area contributed by atoms with E-state index in [2.05, 4.69) is 15.6 Å². The van der Waals surface area contributed by atoms with Crippen LogP contribution in [0.25, 0.3) is 0 Å². The number of hydrogen-bond acceptors (Lipinski definition) is 4. The maximum atomic E-state index is 12.9. The van der Waals surface area contributed by atoms with E-state index in [9.17, 15) is 14.0 Å². The summed E-state index contributed by atoms with van der Waals surface area (Å²) in [5.41, 5.74) is 1.94. The Kier molecular flexibility index (Phi) is 5.70. The van der Waals surface area contributed by atoms with Gasteiger partial charge in [-0.2, -0.15) is 0 Å². The number of hydrogen-bond donors (Lipinski definition) is 2. The summed E-state index contributed by atoms with van der Waals surface area (Å²) in [5.74, 6) is -0.922. The Hall–Kier alpha value is -3.06. The van der Waals surface area contributed by atoms with E-state index in [4.69, 9.17) is 0 Å². The normalized spacial score (nSPS) is 10.3. The number of nitrogens with one attached hydrogen (secondary N) is 2. The first-order valence-electron chi connectivity index (χ1n) is 7.92. The minimum atomic E-state index is -0.403. The summed E-state index contributed by atoms with van der Waals surface area (Å²) in [6.45, 7) is 0.456. The SMILES string of the molecule is O=C(Cc1csc(NC(=O)c2ccc(F)cc2)n1)NCc1ccccc1. The molecule has 0 aliphatic rings. The van der Waals surface area contributed by atoms with Gasteiger partial charge >= 0.3 is 0 Å². The first kappa shape index (κ1) is 17.8. The van der Waals surface area contributed by atoms with Crippen LogP contribution in [0.15, 0.2) is 60.0 Å². The van der Waals surface area contributed by atoms with Gasteiger partial charge in [0.05, 0.1) is 12.1 Å². The second kappa shape index (κ2) is 8.35. The lowest BCUT2D eigenvalue weighted by atomic mass is 10.2. The monoisotopic (exact) mass is 369 g/mol. The lowest BCUT2D eigenvalue weighted by Crippen LogP contribution is -2.24. The third-order valence-corrected chi connectivity index (χ3v) is 4.36. The minimum Gasteiger partial charge on any atom is -0.352 e. The highest BCUT2D eigenvalue weighted by Crippen LogP contribution is 2.17. The average Bonchev–Trinajstić information content (AvgIpc) is 3.08. The van der Waals surface area contributed by atoms with E-state index in [1.807, 2.05) is 30.3 Å². The van der Waals surface area contributed by atoms with Crippen molar-refractivity contribution in [1.29, 1.82) is 0 Å². The van der Waals surface area contributed by atoms with Crippen molar-refractivity contribution in [2.75, 3.05) is 5.32 Å². The number of nitrogens with zero attached hydrogens (tertiary/aromatic N) is 1. The molecule has 0 saturated carbocycles. The van der Waals surface area contributed by atoms with Crippen LogP contribution < -0.4 is 10.6 Å². The van der Waals surface area contributed by atoms with Gasteiger partial charge in [0.2, 0.25) is 5.91 Å². The molecule has 2 aromatic carbocycles. The third-order valence-electron chi connectivity index (χ3n) is 3.55. The van der Waals surface area contributed by atoms with Gasteiger partial charge in [0.1, 0.15) is 5.82 Å². The van der Waals surface area contributed by atoms with E-state index < -0.39 is 5.82 Å². The second-order valence-electron chi connectivity index (χ2n) is 5.54. The number of benzene rings is 2. The lowest BCUT2D eigenvalue weighted by molar-refractivity contribution is -0.120. The smallest absolute Gasteiger partial charge is 0.257 e. The number of halogens is 1. The molecular weight excluding hydrogens is 353 g/mol. The highest BCUT2D eigenvalue weighted by atomic mass is 32.1. The molecule has 1 aromatic heterocycles. The summed E-state index contributed by atoms with van der Waals surface area (Å²) in [5, 5.41) is 7.59. The molecule has 0 atom stereocenters. The number of carbonyl (C=O) groups is 2. The molecule has 0 unspecified atom stereocenters. The van der Waals surface area contributed by atoms with E-state index in [-0.39, 0.29) is 18.2 Å². The fraction of sp³-hybridized carbons (Fsp3) is 0.105. The van der Waals surface area contributed by atoms with Crippen molar-refractivity contribution < 1.29 is 14.0 Å². The third kappa shape index (κ3) is 4.97. The van der Waals surface area contributed by atoms with Crippen LogP contribution in [0.5, 0.6) is 0 Å². The first-order chi connectivity index (χ1) is 12.6. The zero-order valence-electron chi connectivity index (χ0n) is 13.7. The molecule has 7 heteroatoms. The molecule has 26 heavy (non-hydrogen) atoms. The molecule has 0 radical (unpaired) electrons. The van der Waals surface area contributed by atoms with Crippen LogP contribution in [-0.4, -0.2) is 16.8 Å². The largest absolute Gasteiger partial charge is 0.352 e. The summed E-state index contributed by atoms with van der Waals surface area (Å²) < 4.78 is 12.9. The van der Waals surface area contributed by atoms with E-state index in [1.165, 1.54) is 35.6 Å². The van der Waals surface area contributed by atoms with Crippen molar-refractivity contribution >= 4 is 28.3 Å². The highest BCUT2D eigenvalue weighted by Gasteiger charge is 2.11. The first-order valence-corrected chi connectivity index (χ1v) is 8.80. The molecule has 0 aliphatic heterocycles. The molecule has 2 N–H and O–H groups in total. The van der Waals surface area contributed by atoms with Crippen LogP contribution in [0.1, 0.15) is 21.6 Å². The zero-order valence-corrected chi connectivity index (χ0v) is 14.6. The number of aromatic nitrogens is 1. The number of thiazole rings is 1. The molecule has 0 fully saturated rings. The standard InChI is InChI=1S/C19H16FN3O2S/c20-15-8-6-14(7-9-15)18(25)23-19-22-16(12-26-19)10-17(24)21-11-13-4-2-1-3-5-13/h1-9,12H,10-11H2,(H,21,24)(H,22,23,25). The Bertz CT molecular complexity index is 895. The molecule has 5 nitrogen and oxygen atoms in total. The van der Waals surface area contributed by atoms with Gasteiger partial charge in [-0.1, -0.05) is 30.3 Å². The van der Waals surface area contributed by atoms with Crippen molar-refractivity contribution in [2.45, 2.75) is 13.0 Å². The summed E-state index contributed by atoms with van der Waals surface area (Å²) in [6.07, 6.45) is 0.135. The summed E-state index contributed by atoms with van der Waals surface area (Å²) in [4.78, 5) is 28.3. The van der Waals surface area contributed by atoms with E-state index in [0.29, 0.717) is 22.9 Å². The minimum absolute atomic E-state index is 0.135. The van der Waals surface area contributed by atoms with Crippen LogP contribution in [0.4, 0.5) is 9.52 Å². The van der Waals surface area contributed by atoms with Crippen molar-refractivity contribution in [3.63, 3.8) is 0 Å². The highest BCUT2D eigenvalue weighted by molar-refractivity contribution is 7.14. The quantitative estimate of drug-likeness (QED) is 0.700. The van der Waals surface area contributed by atoms with Gasteiger partial charge in [-0.3, -0.25) is 14.9 Å². The molecule has 0 saturated heterocycles. The van der Waals surface area contributed by atoms with Gasteiger partial charge in [0.25, 0.3) is 5.91 Å². The van der Waals surface area contributed by atoms with E-state index in [1.54, 1.807) is 5.38 Å². The Morgan fingerprint density at radius 2 is 1.77 bits per heavy atom.